The molecule has 0 saturated heterocycles. The van der Waals surface area contributed by atoms with Crippen LogP contribution in [0.5, 0.6) is 0 Å². The van der Waals surface area contributed by atoms with E-state index in [4.69, 9.17) is 0 Å². The van der Waals surface area contributed by atoms with E-state index < -0.39 is 0 Å². The van der Waals surface area contributed by atoms with Crippen molar-refractivity contribution in [1.82, 2.24) is 9.55 Å². The number of fused-ring (bicyclic) bond motifs is 1. The molecule has 0 aliphatic carbocycles. The number of unbranched alkanes of at least 4 members (excludes halogenated alkanes) is 1. The van der Waals surface area contributed by atoms with Gasteiger partial charge in [-0.05, 0) is 34.5 Å². The summed E-state index contributed by atoms with van der Waals surface area (Å²) in [6, 6.07) is 5.45. The molecule has 4 heteroatoms. The SMILES string of the molecule is CCCCn1c(=O)cc(Br)c2cccnc21. The highest BCUT2D eigenvalue weighted by atomic mass is 79.9. The van der Waals surface area contributed by atoms with E-state index in [1.807, 2.05) is 12.1 Å². The maximum atomic E-state index is 11.9. The Hall–Kier alpha value is -1.16. The number of hydrogen-bond acceptors (Lipinski definition) is 2. The van der Waals surface area contributed by atoms with Crippen LogP contribution < -0.4 is 5.56 Å². The Balaban J connectivity index is 2.66. The molecule has 0 unspecified atom stereocenters. The molecule has 0 N–H and O–H groups in total. The summed E-state index contributed by atoms with van der Waals surface area (Å²) in [5, 5.41) is 0.984. The normalized spacial score (nSPS) is 10.9. The van der Waals surface area contributed by atoms with Crippen LogP contribution in [-0.2, 0) is 6.54 Å². The Morgan fingerprint density at radius 3 is 3.06 bits per heavy atom. The van der Waals surface area contributed by atoms with Gasteiger partial charge in [0.1, 0.15) is 5.65 Å². The first-order valence-corrected chi connectivity index (χ1v) is 6.17. The van der Waals surface area contributed by atoms with Gasteiger partial charge < -0.3 is 0 Å². The van der Waals surface area contributed by atoms with Crippen molar-refractivity contribution in [2.24, 2.45) is 0 Å². The predicted octanol–water partition coefficient (Wildman–Crippen LogP) is 2.96. The molecule has 0 aliphatic rings. The lowest BCUT2D eigenvalue weighted by molar-refractivity contribution is 0.627. The third-order valence-electron chi connectivity index (χ3n) is 2.55. The number of aryl methyl sites for hydroxylation is 1. The molecule has 0 saturated carbocycles. The Bertz CT molecular complexity index is 562. The summed E-state index contributed by atoms with van der Waals surface area (Å²) < 4.78 is 2.55. The van der Waals surface area contributed by atoms with Gasteiger partial charge in [0.25, 0.3) is 5.56 Å². The average molecular weight is 281 g/mol. The van der Waals surface area contributed by atoms with Gasteiger partial charge in [-0.15, -0.1) is 0 Å². The maximum Gasteiger partial charge on any atom is 0.253 e. The third kappa shape index (κ3) is 2.02. The van der Waals surface area contributed by atoms with Crippen molar-refractivity contribution in [2.75, 3.05) is 0 Å². The second-order valence-corrected chi connectivity index (χ2v) is 4.56. The first-order valence-electron chi connectivity index (χ1n) is 5.38. The number of hydrogen-bond donors (Lipinski definition) is 0. The van der Waals surface area contributed by atoms with Crippen LogP contribution in [0.4, 0.5) is 0 Å². The molecular weight excluding hydrogens is 268 g/mol. The van der Waals surface area contributed by atoms with Crippen molar-refractivity contribution in [3.05, 3.63) is 39.2 Å². The Morgan fingerprint density at radius 1 is 1.50 bits per heavy atom. The highest BCUT2D eigenvalue weighted by Gasteiger charge is 2.06. The van der Waals surface area contributed by atoms with Crippen LogP contribution in [-0.4, -0.2) is 9.55 Å². The fourth-order valence-electron chi connectivity index (χ4n) is 1.70. The highest BCUT2D eigenvalue weighted by molar-refractivity contribution is 9.10. The van der Waals surface area contributed by atoms with Crippen LogP contribution >= 0.6 is 15.9 Å². The summed E-state index contributed by atoms with van der Waals surface area (Å²) in [6.45, 7) is 2.84. The van der Waals surface area contributed by atoms with Crippen LogP contribution in [0.2, 0.25) is 0 Å². The standard InChI is InChI=1S/C12H13BrN2O/c1-2-3-7-15-11(16)8-10(13)9-5-4-6-14-12(9)15/h4-6,8H,2-3,7H2,1H3. The molecule has 2 aromatic heterocycles. The zero-order chi connectivity index (χ0) is 11.5. The molecule has 2 rings (SSSR count). The molecular formula is C12H13BrN2O. The third-order valence-corrected chi connectivity index (χ3v) is 3.21. The molecule has 0 aromatic carbocycles. The zero-order valence-electron chi connectivity index (χ0n) is 9.11. The Morgan fingerprint density at radius 2 is 2.31 bits per heavy atom. The number of aromatic nitrogens is 2. The lowest BCUT2D eigenvalue weighted by Crippen LogP contribution is -2.20. The summed E-state index contributed by atoms with van der Waals surface area (Å²) in [5.74, 6) is 0. The minimum absolute atomic E-state index is 0.00604. The summed E-state index contributed by atoms with van der Waals surface area (Å²) in [6.07, 6.45) is 3.78. The zero-order valence-corrected chi connectivity index (χ0v) is 10.7. The lowest BCUT2D eigenvalue weighted by atomic mass is 10.2. The summed E-state index contributed by atoms with van der Waals surface area (Å²) >= 11 is 3.40. The molecule has 3 nitrogen and oxygen atoms in total. The monoisotopic (exact) mass is 280 g/mol. The molecule has 2 aromatic rings. The van der Waals surface area contributed by atoms with Gasteiger partial charge in [-0.2, -0.15) is 0 Å². The molecule has 0 bridgehead atoms. The minimum atomic E-state index is 0.00604. The highest BCUT2D eigenvalue weighted by Crippen LogP contribution is 2.19. The molecule has 0 aliphatic heterocycles. The van der Waals surface area contributed by atoms with Gasteiger partial charge in [-0.25, -0.2) is 4.98 Å². The van der Waals surface area contributed by atoms with E-state index in [0.717, 1.165) is 34.9 Å². The van der Waals surface area contributed by atoms with E-state index in [9.17, 15) is 4.79 Å². The van der Waals surface area contributed by atoms with Crippen molar-refractivity contribution in [3.63, 3.8) is 0 Å². The van der Waals surface area contributed by atoms with Crippen LogP contribution in [0, 0.1) is 0 Å². The van der Waals surface area contributed by atoms with E-state index in [0.29, 0.717) is 0 Å². The topological polar surface area (TPSA) is 34.9 Å². The van der Waals surface area contributed by atoms with E-state index in [-0.39, 0.29) is 5.56 Å². The van der Waals surface area contributed by atoms with Gasteiger partial charge in [-0.3, -0.25) is 9.36 Å². The van der Waals surface area contributed by atoms with Gasteiger partial charge in [0.15, 0.2) is 0 Å². The number of pyridine rings is 2. The molecule has 2 heterocycles. The van der Waals surface area contributed by atoms with E-state index >= 15 is 0 Å². The van der Waals surface area contributed by atoms with Crippen molar-refractivity contribution < 1.29 is 0 Å². The number of nitrogens with zero attached hydrogens (tertiary/aromatic N) is 2. The number of rotatable bonds is 3. The Labute approximate surface area is 102 Å². The van der Waals surface area contributed by atoms with Crippen LogP contribution in [0.15, 0.2) is 33.7 Å². The van der Waals surface area contributed by atoms with Gasteiger partial charge in [0.05, 0.1) is 0 Å². The molecule has 16 heavy (non-hydrogen) atoms. The largest absolute Gasteiger partial charge is 0.293 e. The summed E-state index contributed by atoms with van der Waals surface area (Å²) in [4.78, 5) is 16.1. The average Bonchev–Trinajstić information content (AvgIpc) is 2.29. The first-order chi connectivity index (χ1) is 7.74. The molecule has 0 fully saturated rings. The van der Waals surface area contributed by atoms with E-state index in [1.165, 1.54) is 0 Å². The van der Waals surface area contributed by atoms with Crippen LogP contribution in [0.25, 0.3) is 11.0 Å². The van der Waals surface area contributed by atoms with Crippen molar-refractivity contribution in [1.29, 1.82) is 0 Å². The Kier molecular flexibility index (Phi) is 3.39. The van der Waals surface area contributed by atoms with E-state index in [1.54, 1.807) is 16.8 Å². The van der Waals surface area contributed by atoms with E-state index in [2.05, 4.69) is 27.8 Å². The smallest absolute Gasteiger partial charge is 0.253 e. The van der Waals surface area contributed by atoms with Crippen molar-refractivity contribution in [2.45, 2.75) is 26.3 Å². The molecule has 84 valence electrons. The van der Waals surface area contributed by atoms with Gasteiger partial charge in [-0.1, -0.05) is 13.3 Å². The lowest BCUT2D eigenvalue weighted by Gasteiger charge is -2.09. The fourth-order valence-corrected chi connectivity index (χ4v) is 2.20. The van der Waals surface area contributed by atoms with Crippen LogP contribution in [0.1, 0.15) is 19.8 Å². The van der Waals surface area contributed by atoms with Gasteiger partial charge in [0, 0.05) is 28.7 Å². The number of halogens is 1. The summed E-state index contributed by atoms with van der Waals surface area (Å²) in [5.41, 5.74) is 0.766. The van der Waals surface area contributed by atoms with Crippen LogP contribution in [0.3, 0.4) is 0 Å². The quantitative estimate of drug-likeness (QED) is 0.867. The second kappa shape index (κ2) is 4.78. The molecule has 0 amide bonds. The van der Waals surface area contributed by atoms with Gasteiger partial charge >= 0.3 is 0 Å². The molecule has 0 radical (unpaired) electrons. The minimum Gasteiger partial charge on any atom is -0.293 e. The van der Waals surface area contributed by atoms with Crippen molar-refractivity contribution >= 4 is 27.0 Å². The first kappa shape index (κ1) is 11.3. The predicted molar refractivity (Wildman–Crippen MR) is 68.6 cm³/mol. The molecule has 0 atom stereocenters. The van der Waals surface area contributed by atoms with Crippen molar-refractivity contribution in [3.8, 4) is 0 Å². The maximum absolute atomic E-state index is 11.9. The second-order valence-electron chi connectivity index (χ2n) is 3.71. The summed E-state index contributed by atoms with van der Waals surface area (Å²) in [7, 11) is 0. The fraction of sp³-hybridized carbons (Fsp3) is 0.333. The molecule has 0 spiro atoms. The van der Waals surface area contributed by atoms with Gasteiger partial charge in [0.2, 0.25) is 0 Å².